The minimum absolute atomic E-state index is 0. The van der Waals surface area contributed by atoms with Crippen LogP contribution >= 0.6 is 24.0 Å². The molecule has 2 N–H and O–H groups in total. The monoisotopic (exact) mass is 732 g/mol. The van der Waals surface area contributed by atoms with Gasteiger partial charge in [-0.3, -0.25) is 19.1 Å². The fourth-order valence-corrected chi connectivity index (χ4v) is 6.80. The van der Waals surface area contributed by atoms with Crippen LogP contribution in [-0.4, -0.2) is 92.0 Å². The van der Waals surface area contributed by atoms with E-state index in [1.807, 2.05) is 0 Å². The molecule has 1 aromatic carbocycles. The Labute approximate surface area is 289 Å². The van der Waals surface area contributed by atoms with Gasteiger partial charge in [-0.15, -0.1) is 12.4 Å². The van der Waals surface area contributed by atoms with Crippen LogP contribution in [0.1, 0.15) is 52.4 Å². The summed E-state index contributed by atoms with van der Waals surface area (Å²) < 4.78 is 70.4. The zero-order chi connectivity index (χ0) is 34.4. The minimum Gasteiger partial charge on any atom is -0.339 e. The number of nitrogens with one attached hydrogen (secondary N) is 2. The van der Waals surface area contributed by atoms with Crippen molar-refractivity contribution in [3.8, 4) is 11.3 Å². The molecule has 18 heteroatoms. The van der Waals surface area contributed by atoms with Gasteiger partial charge < -0.3 is 25.0 Å². The van der Waals surface area contributed by atoms with Gasteiger partial charge in [0.1, 0.15) is 0 Å². The van der Waals surface area contributed by atoms with Crippen LogP contribution in [0.25, 0.3) is 11.3 Å². The summed E-state index contributed by atoms with van der Waals surface area (Å²) in [6.07, 6.45) is -1.85. The lowest BCUT2D eigenvalue weighted by molar-refractivity contribution is -0.141. The first kappa shape index (κ1) is 36.5. The fourth-order valence-electron chi connectivity index (χ4n) is 6.54. The van der Waals surface area contributed by atoms with Crippen LogP contribution in [0, 0.1) is 11.8 Å². The molecule has 3 aromatic rings. The molecule has 11 nitrogen and oxygen atoms in total. The maximum absolute atomic E-state index is 13.9. The molecule has 2 aromatic heterocycles. The molecule has 6 rings (SSSR count). The summed E-state index contributed by atoms with van der Waals surface area (Å²) in [6, 6.07) is 4.34. The predicted octanol–water partition coefficient (Wildman–Crippen LogP) is 4.96. The molecular weight excluding hydrogens is 698 g/mol. The number of imidazole rings is 1. The number of aromatic nitrogens is 4. The summed E-state index contributed by atoms with van der Waals surface area (Å²) in [6.45, 7) is 3.10. The molecule has 49 heavy (non-hydrogen) atoms. The predicted molar refractivity (Wildman–Crippen MR) is 172 cm³/mol. The minimum atomic E-state index is -4.84. The molecule has 1 saturated carbocycles. The summed E-state index contributed by atoms with van der Waals surface area (Å²) in [5.41, 5.74) is -1.16. The van der Waals surface area contributed by atoms with E-state index in [9.17, 15) is 36.3 Å². The molecule has 0 bridgehead atoms. The number of alkyl halides is 5. The van der Waals surface area contributed by atoms with Crippen LogP contribution in [-0.2, 0) is 24.6 Å². The molecule has 2 saturated heterocycles. The maximum Gasteiger partial charge on any atom is 0.435 e. The fraction of sp³-hybridized carbons (Fsp3) is 0.516. The van der Waals surface area contributed by atoms with E-state index in [4.69, 9.17) is 11.6 Å². The van der Waals surface area contributed by atoms with E-state index in [1.54, 1.807) is 9.80 Å². The second kappa shape index (κ2) is 14.2. The molecule has 1 aliphatic carbocycles. The number of anilines is 1. The van der Waals surface area contributed by atoms with Crippen LogP contribution < -0.4 is 10.6 Å². The van der Waals surface area contributed by atoms with Gasteiger partial charge in [0.15, 0.2) is 11.5 Å². The molecule has 0 unspecified atom stereocenters. The van der Waals surface area contributed by atoms with Crippen LogP contribution in [0.4, 0.5) is 27.6 Å². The van der Waals surface area contributed by atoms with Crippen LogP contribution in [0.2, 0.25) is 5.02 Å². The molecular formula is C31H35Cl2F5N8O3. The highest BCUT2D eigenvalue weighted by molar-refractivity contribution is 6.34. The lowest BCUT2D eigenvalue weighted by atomic mass is 9.81. The Balaban J connectivity index is 0.00000468. The first-order valence-electron chi connectivity index (χ1n) is 15.6. The second-order valence-corrected chi connectivity index (χ2v) is 13.0. The van der Waals surface area contributed by atoms with Crippen molar-refractivity contribution in [1.29, 1.82) is 0 Å². The van der Waals surface area contributed by atoms with E-state index < -0.39 is 42.5 Å². The third-order valence-corrected chi connectivity index (χ3v) is 9.45. The molecule has 4 heterocycles. The Hall–Kier alpha value is -3.76. The number of amides is 3. The smallest absolute Gasteiger partial charge is 0.339 e. The van der Waals surface area contributed by atoms with Gasteiger partial charge in [0.05, 0.1) is 28.0 Å². The Morgan fingerprint density at radius 2 is 1.71 bits per heavy atom. The summed E-state index contributed by atoms with van der Waals surface area (Å²) >= 11 is 6.45. The number of carbonyl (C=O) groups excluding carboxylic acids is 3. The summed E-state index contributed by atoms with van der Waals surface area (Å²) in [5, 5.41) is 9.56. The first-order valence-corrected chi connectivity index (χ1v) is 16.0. The topological polar surface area (TPSA) is 117 Å². The van der Waals surface area contributed by atoms with Crippen LogP contribution in [0.3, 0.4) is 0 Å². The van der Waals surface area contributed by atoms with E-state index in [2.05, 4.69) is 20.7 Å². The highest BCUT2D eigenvalue weighted by Gasteiger charge is 2.46. The van der Waals surface area contributed by atoms with Crippen LogP contribution in [0.5, 0.6) is 0 Å². The number of halogens is 7. The van der Waals surface area contributed by atoms with Crippen molar-refractivity contribution in [2.45, 2.75) is 44.3 Å². The van der Waals surface area contributed by atoms with Crippen molar-refractivity contribution in [3.63, 3.8) is 0 Å². The number of benzene rings is 1. The van der Waals surface area contributed by atoms with Gasteiger partial charge in [-0.2, -0.15) is 18.3 Å². The van der Waals surface area contributed by atoms with E-state index in [0.29, 0.717) is 26.2 Å². The number of nitrogens with zero attached hydrogens (tertiary/aromatic N) is 6. The Bertz CT molecular complexity index is 1710. The number of carbonyl (C=O) groups is 3. The average Bonchev–Trinajstić information content (AvgIpc) is 3.63. The van der Waals surface area contributed by atoms with Gasteiger partial charge in [0.25, 0.3) is 11.8 Å². The van der Waals surface area contributed by atoms with Gasteiger partial charge in [-0.05, 0) is 50.0 Å². The third-order valence-electron chi connectivity index (χ3n) is 9.14. The molecule has 3 fully saturated rings. The molecule has 0 spiro atoms. The van der Waals surface area contributed by atoms with Crippen molar-refractivity contribution in [2.75, 3.05) is 44.6 Å². The Morgan fingerprint density at radius 1 is 1.06 bits per heavy atom. The lowest BCUT2D eigenvalue weighted by Crippen LogP contribution is -2.52. The highest BCUT2D eigenvalue weighted by Crippen LogP contribution is 2.44. The largest absolute Gasteiger partial charge is 0.435 e. The Kier molecular flexibility index (Phi) is 10.6. The molecule has 0 radical (unpaired) electrons. The van der Waals surface area contributed by atoms with Crippen molar-refractivity contribution < 1.29 is 36.3 Å². The molecule has 0 atom stereocenters. The molecule has 3 amide bonds. The van der Waals surface area contributed by atoms with Crippen molar-refractivity contribution in [2.24, 2.45) is 18.9 Å². The van der Waals surface area contributed by atoms with E-state index in [-0.39, 0.29) is 70.0 Å². The first-order chi connectivity index (χ1) is 22.7. The van der Waals surface area contributed by atoms with Gasteiger partial charge in [-0.25, -0.2) is 13.8 Å². The van der Waals surface area contributed by atoms with Gasteiger partial charge >= 0.3 is 6.18 Å². The highest BCUT2D eigenvalue weighted by atomic mass is 35.5. The summed E-state index contributed by atoms with van der Waals surface area (Å²) in [4.78, 5) is 46.7. The number of hydrogen-bond acceptors (Lipinski definition) is 6. The van der Waals surface area contributed by atoms with E-state index >= 15 is 0 Å². The normalized spacial score (nSPS) is 18.5. The van der Waals surface area contributed by atoms with Crippen molar-refractivity contribution >= 4 is 47.4 Å². The Morgan fingerprint density at radius 3 is 2.33 bits per heavy atom. The van der Waals surface area contributed by atoms with Crippen LogP contribution in [0.15, 0.2) is 30.6 Å². The number of hydrogen-bond donors (Lipinski definition) is 2. The van der Waals surface area contributed by atoms with Gasteiger partial charge in [-0.1, -0.05) is 11.6 Å². The quantitative estimate of drug-likeness (QED) is 0.332. The standard InChI is InChI=1S/C31H34ClF5N8O3.ClH/c1-42-24(22-17-45(41-25(22)31(35,36)37)16-18-13-30(33,34)14-18)15-39-26(42)27(46)40-20-2-3-21(23(32)12-20)29(48)44-10-8-43(9-11-44)28(47)19-4-6-38-7-5-19;/h2-3,12,15,17-19,38H,4-11,13-14,16H2,1H3,(H,40,46);1H. The summed E-state index contributed by atoms with van der Waals surface area (Å²) in [5.74, 6) is -4.46. The van der Waals surface area contributed by atoms with Crippen molar-refractivity contribution in [1.82, 2.24) is 34.4 Å². The number of piperidine rings is 1. The lowest BCUT2D eigenvalue weighted by Gasteiger charge is -2.37. The van der Waals surface area contributed by atoms with Gasteiger partial charge in [0, 0.05) is 70.4 Å². The SMILES string of the molecule is Cl.Cn1c(-c2cn(CC3CC(F)(F)C3)nc2C(F)(F)F)cnc1C(=O)Nc1ccc(C(=O)N2CCN(C(=O)C3CCNCC3)CC2)c(Cl)c1. The molecule has 3 aliphatic rings. The third kappa shape index (κ3) is 7.86. The maximum atomic E-state index is 13.9. The number of piperazine rings is 1. The van der Waals surface area contributed by atoms with E-state index in [1.165, 1.54) is 29.8 Å². The average molecular weight is 734 g/mol. The zero-order valence-corrected chi connectivity index (χ0v) is 28.0. The molecule has 266 valence electrons. The second-order valence-electron chi connectivity index (χ2n) is 12.6. The van der Waals surface area contributed by atoms with Gasteiger partial charge in [0.2, 0.25) is 11.8 Å². The number of rotatable bonds is 7. The summed E-state index contributed by atoms with van der Waals surface area (Å²) in [7, 11) is 1.37. The van der Waals surface area contributed by atoms with E-state index in [0.717, 1.165) is 43.0 Å². The zero-order valence-electron chi connectivity index (χ0n) is 26.4. The van der Waals surface area contributed by atoms with Crippen molar-refractivity contribution in [3.05, 3.63) is 52.7 Å². The molecule has 2 aliphatic heterocycles.